The van der Waals surface area contributed by atoms with Crippen molar-refractivity contribution >= 4 is 5.97 Å². The quantitative estimate of drug-likeness (QED) is 0.798. The molecule has 5 nitrogen and oxygen atoms in total. The summed E-state index contributed by atoms with van der Waals surface area (Å²) >= 11 is 0. The Morgan fingerprint density at radius 3 is 2.13 bits per heavy atom. The van der Waals surface area contributed by atoms with Gasteiger partial charge in [0.15, 0.2) is 0 Å². The van der Waals surface area contributed by atoms with E-state index < -0.39 is 11.5 Å². The number of carbonyl (C=O) groups is 1. The van der Waals surface area contributed by atoms with Gasteiger partial charge in [0.1, 0.15) is 5.56 Å². The Labute approximate surface area is 87.7 Å². The summed E-state index contributed by atoms with van der Waals surface area (Å²) in [6.45, 7) is 7.35. The van der Waals surface area contributed by atoms with Crippen LogP contribution < -0.4 is 5.56 Å². The van der Waals surface area contributed by atoms with Gasteiger partial charge in [-0.2, -0.15) is 0 Å². The van der Waals surface area contributed by atoms with Crippen LogP contribution in [0, 0.1) is 0 Å². The number of hydrogen-bond donors (Lipinski definition) is 2. The molecule has 0 aliphatic rings. The molecule has 0 aromatic carbocycles. The van der Waals surface area contributed by atoms with Crippen molar-refractivity contribution in [3.05, 3.63) is 21.6 Å². The molecule has 0 unspecified atom stereocenters. The van der Waals surface area contributed by atoms with Crippen LogP contribution >= 0.6 is 0 Å². The lowest BCUT2D eigenvalue weighted by atomic mass is 10.1. The minimum atomic E-state index is -1.17. The molecule has 0 fully saturated rings. The molecule has 0 spiro atoms. The van der Waals surface area contributed by atoms with Crippen LogP contribution in [0.15, 0.2) is 4.79 Å². The summed E-state index contributed by atoms with van der Waals surface area (Å²) in [4.78, 5) is 22.7. The first kappa shape index (κ1) is 11.6. The van der Waals surface area contributed by atoms with E-state index in [2.05, 4.69) is 5.10 Å². The molecule has 0 radical (unpaired) electrons. The first-order valence-corrected chi connectivity index (χ1v) is 4.94. The first-order valence-electron chi connectivity index (χ1n) is 4.94. The number of carboxylic acids is 1. The van der Waals surface area contributed by atoms with Crippen molar-refractivity contribution in [3.63, 3.8) is 0 Å². The van der Waals surface area contributed by atoms with Gasteiger partial charge in [0.2, 0.25) is 0 Å². The monoisotopic (exact) mass is 212 g/mol. The van der Waals surface area contributed by atoms with Crippen LogP contribution in [-0.4, -0.2) is 20.9 Å². The molecule has 0 saturated carbocycles. The normalized spacial score (nSPS) is 11.3. The summed E-state index contributed by atoms with van der Waals surface area (Å²) in [7, 11) is 0. The van der Waals surface area contributed by atoms with E-state index in [1.54, 1.807) is 0 Å². The van der Waals surface area contributed by atoms with E-state index in [1.807, 2.05) is 27.7 Å². The average molecular weight is 212 g/mol. The topological polar surface area (TPSA) is 75.1 Å². The van der Waals surface area contributed by atoms with Gasteiger partial charge in [0.05, 0.1) is 5.69 Å². The summed E-state index contributed by atoms with van der Waals surface area (Å²) in [5, 5.41) is 11.8. The summed E-state index contributed by atoms with van der Waals surface area (Å²) < 4.78 is 1.35. The Balaban J connectivity index is 3.47. The second-order valence-electron chi connectivity index (χ2n) is 4.13. The van der Waals surface area contributed by atoms with Crippen molar-refractivity contribution in [2.45, 2.75) is 39.7 Å². The highest BCUT2D eigenvalue weighted by Crippen LogP contribution is 2.15. The van der Waals surface area contributed by atoms with Crippen LogP contribution in [0.25, 0.3) is 0 Å². The number of carboxylic acid groups (broad SMARTS) is 1. The molecule has 0 aliphatic heterocycles. The fraction of sp³-hybridized carbons (Fsp3) is 0.600. The van der Waals surface area contributed by atoms with Gasteiger partial charge in [-0.3, -0.25) is 9.89 Å². The lowest BCUT2D eigenvalue weighted by Crippen LogP contribution is -2.23. The Bertz CT molecular complexity index is 426. The second-order valence-corrected chi connectivity index (χ2v) is 4.13. The Morgan fingerprint density at radius 2 is 1.87 bits per heavy atom. The number of hydrogen-bond acceptors (Lipinski definition) is 2. The summed E-state index contributed by atoms with van der Waals surface area (Å²) in [6.07, 6.45) is 0. The van der Waals surface area contributed by atoms with Crippen LogP contribution in [0.4, 0.5) is 0 Å². The predicted molar refractivity (Wildman–Crippen MR) is 56.5 cm³/mol. The first-order chi connectivity index (χ1) is 6.86. The van der Waals surface area contributed by atoms with Gasteiger partial charge < -0.3 is 5.11 Å². The number of aromatic amines is 1. The molecular weight excluding hydrogens is 196 g/mol. The third-order valence-electron chi connectivity index (χ3n) is 2.25. The molecule has 1 rings (SSSR count). The molecule has 1 aromatic rings. The Hall–Kier alpha value is -1.52. The highest BCUT2D eigenvalue weighted by Gasteiger charge is 2.22. The Morgan fingerprint density at radius 1 is 1.33 bits per heavy atom. The van der Waals surface area contributed by atoms with Crippen LogP contribution in [0.2, 0.25) is 0 Å². The van der Waals surface area contributed by atoms with Crippen LogP contribution in [0.5, 0.6) is 0 Å². The number of aromatic nitrogens is 2. The van der Waals surface area contributed by atoms with Crippen molar-refractivity contribution in [1.82, 2.24) is 9.78 Å². The van der Waals surface area contributed by atoms with Gasteiger partial charge in [-0.1, -0.05) is 13.8 Å². The zero-order valence-corrected chi connectivity index (χ0v) is 9.37. The molecule has 0 amide bonds. The van der Waals surface area contributed by atoms with Crippen LogP contribution in [0.3, 0.4) is 0 Å². The maximum atomic E-state index is 11.7. The highest BCUT2D eigenvalue weighted by molar-refractivity contribution is 5.88. The molecule has 2 N–H and O–H groups in total. The maximum absolute atomic E-state index is 11.7. The zero-order valence-electron chi connectivity index (χ0n) is 9.37. The van der Waals surface area contributed by atoms with Crippen molar-refractivity contribution < 1.29 is 9.90 Å². The summed E-state index contributed by atoms with van der Waals surface area (Å²) in [5.74, 6) is -1.18. The van der Waals surface area contributed by atoms with Gasteiger partial charge in [-0.05, 0) is 19.8 Å². The van der Waals surface area contributed by atoms with Crippen LogP contribution in [0.1, 0.15) is 55.7 Å². The molecule has 1 aromatic heterocycles. The molecule has 15 heavy (non-hydrogen) atoms. The number of nitrogens with zero attached hydrogens (tertiary/aromatic N) is 1. The largest absolute Gasteiger partial charge is 0.477 e. The standard InChI is InChI=1S/C10H16N2O3/c1-5(2)8-7(10(14)15)9(13)12(11-8)6(3)4/h5-6,11H,1-4H3,(H,14,15). The zero-order chi connectivity index (χ0) is 11.7. The maximum Gasteiger partial charge on any atom is 0.343 e. The number of rotatable bonds is 3. The van der Waals surface area contributed by atoms with Crippen LogP contribution in [-0.2, 0) is 0 Å². The number of nitrogens with one attached hydrogen (secondary N) is 1. The van der Waals surface area contributed by atoms with Gasteiger partial charge in [0.25, 0.3) is 5.56 Å². The van der Waals surface area contributed by atoms with Crippen molar-refractivity contribution in [2.24, 2.45) is 0 Å². The molecule has 5 heteroatoms. The van der Waals surface area contributed by atoms with Gasteiger partial charge in [-0.15, -0.1) is 0 Å². The average Bonchev–Trinajstić information content (AvgIpc) is 2.42. The molecule has 1 heterocycles. The van der Waals surface area contributed by atoms with Gasteiger partial charge >= 0.3 is 5.97 Å². The smallest absolute Gasteiger partial charge is 0.343 e. The van der Waals surface area contributed by atoms with E-state index in [0.29, 0.717) is 5.69 Å². The second kappa shape index (κ2) is 3.92. The van der Waals surface area contributed by atoms with Crippen molar-refractivity contribution in [3.8, 4) is 0 Å². The number of H-pyrrole nitrogens is 1. The van der Waals surface area contributed by atoms with E-state index in [0.717, 1.165) is 0 Å². The fourth-order valence-electron chi connectivity index (χ4n) is 1.46. The molecular formula is C10H16N2O3. The summed E-state index contributed by atoms with van der Waals surface area (Å²) in [5.41, 5.74) is -0.110. The lowest BCUT2D eigenvalue weighted by molar-refractivity contribution is 0.0693. The predicted octanol–water partition coefficient (Wildman–Crippen LogP) is 1.58. The molecule has 84 valence electrons. The van der Waals surface area contributed by atoms with E-state index in [4.69, 9.17) is 5.11 Å². The minimum Gasteiger partial charge on any atom is -0.477 e. The molecule has 0 saturated heterocycles. The highest BCUT2D eigenvalue weighted by atomic mass is 16.4. The lowest BCUT2D eigenvalue weighted by Gasteiger charge is -2.05. The summed E-state index contributed by atoms with van der Waals surface area (Å²) in [6, 6.07) is -0.0666. The minimum absolute atomic E-state index is 0.0104. The van der Waals surface area contributed by atoms with E-state index in [9.17, 15) is 9.59 Å². The third kappa shape index (κ3) is 1.95. The van der Waals surface area contributed by atoms with E-state index in [1.165, 1.54) is 4.68 Å². The fourth-order valence-corrected chi connectivity index (χ4v) is 1.46. The molecule has 0 bridgehead atoms. The van der Waals surface area contributed by atoms with E-state index >= 15 is 0 Å². The third-order valence-corrected chi connectivity index (χ3v) is 2.25. The van der Waals surface area contributed by atoms with Gasteiger partial charge in [0, 0.05) is 6.04 Å². The molecule has 0 atom stereocenters. The van der Waals surface area contributed by atoms with E-state index in [-0.39, 0.29) is 17.5 Å². The van der Waals surface area contributed by atoms with Crippen molar-refractivity contribution in [1.29, 1.82) is 0 Å². The van der Waals surface area contributed by atoms with Crippen molar-refractivity contribution in [2.75, 3.05) is 0 Å². The SMILES string of the molecule is CC(C)c1[nH]n(C(C)C)c(=O)c1C(=O)O. The van der Waals surface area contributed by atoms with Gasteiger partial charge in [-0.25, -0.2) is 9.48 Å². The molecule has 0 aliphatic carbocycles. The number of aromatic carboxylic acids is 1. The Kier molecular flexibility index (Phi) is 3.02.